The number of halogens is 1. The Kier molecular flexibility index (Phi) is 5.70. The Balaban J connectivity index is 2.90. The molecule has 6 heteroatoms. The zero-order chi connectivity index (χ0) is 13.5. The second-order valence-electron chi connectivity index (χ2n) is 3.94. The van der Waals surface area contributed by atoms with Crippen molar-refractivity contribution in [3.63, 3.8) is 0 Å². The second kappa shape index (κ2) is 7.05. The van der Waals surface area contributed by atoms with Crippen LogP contribution in [0.5, 0.6) is 0 Å². The van der Waals surface area contributed by atoms with Gasteiger partial charge in [-0.05, 0) is 17.7 Å². The molecule has 100 valence electrons. The molecular weight excluding hydrogens is 237 g/mol. The molecule has 18 heavy (non-hydrogen) atoms. The van der Waals surface area contributed by atoms with Crippen LogP contribution in [0.3, 0.4) is 0 Å². The molecular formula is C12H18FN3O2. The van der Waals surface area contributed by atoms with E-state index in [4.69, 9.17) is 21.4 Å². The fourth-order valence-corrected chi connectivity index (χ4v) is 1.73. The predicted molar refractivity (Wildman–Crippen MR) is 66.9 cm³/mol. The minimum atomic E-state index is -0.445. The molecule has 0 heterocycles. The number of nitrogens with zero attached hydrogens (tertiary/aromatic N) is 1. The molecule has 1 aromatic carbocycles. The Hall–Kier alpha value is -1.50. The molecule has 0 aliphatic heterocycles. The number of aliphatic hydroxyl groups is 2. The van der Waals surface area contributed by atoms with Crippen LogP contribution >= 0.6 is 0 Å². The van der Waals surface area contributed by atoms with E-state index >= 15 is 0 Å². The molecule has 0 fully saturated rings. The van der Waals surface area contributed by atoms with Gasteiger partial charge in [0.1, 0.15) is 11.7 Å². The summed E-state index contributed by atoms with van der Waals surface area (Å²) in [6.07, 6.45) is 0. The Labute approximate surface area is 105 Å². The number of hydrogen-bond acceptors (Lipinski definition) is 4. The van der Waals surface area contributed by atoms with Gasteiger partial charge in [-0.1, -0.05) is 6.07 Å². The SMILES string of the molecule is N=C(N)c1cc(F)ccc1CN(CCO)CCO. The molecule has 1 rings (SSSR count). The first-order valence-electron chi connectivity index (χ1n) is 5.65. The molecule has 0 radical (unpaired) electrons. The summed E-state index contributed by atoms with van der Waals surface area (Å²) in [6.45, 7) is 1.13. The smallest absolute Gasteiger partial charge is 0.123 e. The maximum Gasteiger partial charge on any atom is 0.123 e. The van der Waals surface area contributed by atoms with Crippen LogP contribution in [0.1, 0.15) is 11.1 Å². The quantitative estimate of drug-likeness (QED) is 0.404. The summed E-state index contributed by atoms with van der Waals surface area (Å²) in [5.74, 6) is -0.641. The van der Waals surface area contributed by atoms with Crippen molar-refractivity contribution < 1.29 is 14.6 Å². The summed E-state index contributed by atoms with van der Waals surface area (Å²) >= 11 is 0. The van der Waals surface area contributed by atoms with E-state index in [1.807, 2.05) is 0 Å². The molecule has 0 saturated heterocycles. The summed E-state index contributed by atoms with van der Waals surface area (Å²) in [5.41, 5.74) is 6.45. The average molecular weight is 255 g/mol. The highest BCUT2D eigenvalue weighted by Crippen LogP contribution is 2.13. The number of nitrogen functional groups attached to an aromatic ring is 1. The number of nitrogens with two attached hydrogens (primary N) is 1. The largest absolute Gasteiger partial charge is 0.395 e. The Morgan fingerprint density at radius 2 is 1.89 bits per heavy atom. The number of rotatable bonds is 7. The summed E-state index contributed by atoms with van der Waals surface area (Å²) < 4.78 is 13.1. The first-order chi connectivity index (χ1) is 8.58. The Morgan fingerprint density at radius 3 is 2.39 bits per heavy atom. The lowest BCUT2D eigenvalue weighted by Crippen LogP contribution is -2.30. The van der Waals surface area contributed by atoms with Crippen molar-refractivity contribution in [1.82, 2.24) is 4.90 Å². The van der Waals surface area contributed by atoms with Gasteiger partial charge in [-0.25, -0.2) is 4.39 Å². The number of nitrogens with one attached hydrogen (secondary N) is 1. The van der Waals surface area contributed by atoms with Crippen molar-refractivity contribution in [3.8, 4) is 0 Å². The molecule has 5 nitrogen and oxygen atoms in total. The minimum absolute atomic E-state index is 0.0312. The highest BCUT2D eigenvalue weighted by Gasteiger charge is 2.11. The van der Waals surface area contributed by atoms with Crippen molar-refractivity contribution in [2.45, 2.75) is 6.54 Å². The minimum Gasteiger partial charge on any atom is -0.395 e. The van der Waals surface area contributed by atoms with Crippen molar-refractivity contribution in [3.05, 3.63) is 35.1 Å². The van der Waals surface area contributed by atoms with Gasteiger partial charge in [0.25, 0.3) is 0 Å². The zero-order valence-corrected chi connectivity index (χ0v) is 10.1. The monoisotopic (exact) mass is 255 g/mol. The lowest BCUT2D eigenvalue weighted by Gasteiger charge is -2.21. The van der Waals surface area contributed by atoms with E-state index in [-0.39, 0.29) is 19.0 Å². The van der Waals surface area contributed by atoms with Crippen LogP contribution in [0.15, 0.2) is 18.2 Å². The van der Waals surface area contributed by atoms with E-state index in [1.54, 1.807) is 11.0 Å². The fourth-order valence-electron chi connectivity index (χ4n) is 1.73. The number of amidine groups is 1. The first-order valence-corrected chi connectivity index (χ1v) is 5.65. The van der Waals surface area contributed by atoms with Gasteiger partial charge in [-0.3, -0.25) is 10.3 Å². The topological polar surface area (TPSA) is 93.6 Å². The third-order valence-electron chi connectivity index (χ3n) is 2.59. The lowest BCUT2D eigenvalue weighted by molar-refractivity contribution is 0.156. The van der Waals surface area contributed by atoms with Gasteiger partial charge in [0.2, 0.25) is 0 Å². The van der Waals surface area contributed by atoms with Gasteiger partial charge in [0.05, 0.1) is 13.2 Å². The van der Waals surface area contributed by atoms with Gasteiger partial charge in [0, 0.05) is 25.2 Å². The zero-order valence-electron chi connectivity index (χ0n) is 10.1. The molecule has 0 aromatic heterocycles. The first kappa shape index (κ1) is 14.6. The van der Waals surface area contributed by atoms with E-state index < -0.39 is 5.82 Å². The Morgan fingerprint density at radius 1 is 1.28 bits per heavy atom. The highest BCUT2D eigenvalue weighted by atomic mass is 19.1. The molecule has 0 saturated carbocycles. The number of aliphatic hydroxyl groups excluding tert-OH is 2. The van der Waals surface area contributed by atoms with E-state index in [1.165, 1.54) is 12.1 Å². The number of hydrogen-bond donors (Lipinski definition) is 4. The molecule has 0 atom stereocenters. The molecule has 0 unspecified atom stereocenters. The van der Waals surface area contributed by atoms with Crippen LogP contribution in [0.4, 0.5) is 4.39 Å². The molecule has 0 aliphatic rings. The summed E-state index contributed by atoms with van der Waals surface area (Å²) in [7, 11) is 0. The molecule has 0 aliphatic carbocycles. The van der Waals surface area contributed by atoms with Crippen molar-refractivity contribution >= 4 is 5.84 Å². The van der Waals surface area contributed by atoms with Crippen LogP contribution in [0.25, 0.3) is 0 Å². The Bertz CT molecular complexity index is 406. The second-order valence-corrected chi connectivity index (χ2v) is 3.94. The molecule has 0 spiro atoms. The van der Waals surface area contributed by atoms with Crippen LogP contribution in [-0.2, 0) is 6.54 Å². The van der Waals surface area contributed by atoms with E-state index in [2.05, 4.69) is 0 Å². The standard InChI is InChI=1S/C12H18FN3O2/c13-10-2-1-9(11(7-10)12(14)15)8-16(3-5-17)4-6-18/h1-2,7,17-18H,3-6,8H2,(H3,14,15). The lowest BCUT2D eigenvalue weighted by atomic mass is 10.1. The fraction of sp³-hybridized carbons (Fsp3) is 0.417. The maximum absolute atomic E-state index is 13.1. The van der Waals surface area contributed by atoms with Crippen molar-refractivity contribution in [2.24, 2.45) is 5.73 Å². The third kappa shape index (κ3) is 4.06. The molecule has 0 bridgehead atoms. The van der Waals surface area contributed by atoms with Crippen LogP contribution < -0.4 is 5.73 Å². The molecule has 1 aromatic rings. The number of benzene rings is 1. The van der Waals surface area contributed by atoms with E-state index in [9.17, 15) is 4.39 Å². The predicted octanol–water partition coefficient (Wildman–Crippen LogP) is -0.104. The van der Waals surface area contributed by atoms with Gasteiger partial charge in [0.15, 0.2) is 0 Å². The van der Waals surface area contributed by atoms with Crippen molar-refractivity contribution in [2.75, 3.05) is 26.3 Å². The van der Waals surface area contributed by atoms with Crippen molar-refractivity contribution in [1.29, 1.82) is 5.41 Å². The molecule has 0 amide bonds. The highest BCUT2D eigenvalue weighted by molar-refractivity contribution is 5.96. The average Bonchev–Trinajstić information content (AvgIpc) is 2.32. The van der Waals surface area contributed by atoms with E-state index in [0.29, 0.717) is 30.8 Å². The van der Waals surface area contributed by atoms with E-state index in [0.717, 1.165) is 0 Å². The van der Waals surface area contributed by atoms with Gasteiger partial charge in [-0.2, -0.15) is 0 Å². The normalized spacial score (nSPS) is 10.9. The summed E-state index contributed by atoms with van der Waals surface area (Å²) in [5, 5.41) is 25.2. The molecule has 5 N–H and O–H groups in total. The van der Waals surface area contributed by atoms with Gasteiger partial charge in [-0.15, -0.1) is 0 Å². The third-order valence-corrected chi connectivity index (χ3v) is 2.59. The van der Waals surface area contributed by atoms with Gasteiger partial charge >= 0.3 is 0 Å². The summed E-state index contributed by atoms with van der Waals surface area (Å²) in [4.78, 5) is 1.81. The van der Waals surface area contributed by atoms with Gasteiger partial charge < -0.3 is 15.9 Å². The summed E-state index contributed by atoms with van der Waals surface area (Å²) in [6, 6.07) is 4.08. The maximum atomic E-state index is 13.1. The van der Waals surface area contributed by atoms with Crippen LogP contribution in [-0.4, -0.2) is 47.3 Å². The van der Waals surface area contributed by atoms with Crippen LogP contribution in [0.2, 0.25) is 0 Å². The van der Waals surface area contributed by atoms with Crippen LogP contribution in [0, 0.1) is 11.2 Å².